The summed E-state index contributed by atoms with van der Waals surface area (Å²) >= 11 is 6.22. The Kier molecular flexibility index (Phi) is 15.7. The van der Waals surface area contributed by atoms with Gasteiger partial charge in [-0.05, 0) is 89.8 Å². The molecule has 5 aromatic carbocycles. The molecule has 29 nitrogen and oxygen atoms in total. The Hall–Kier alpha value is -6.48. The lowest BCUT2D eigenvalue weighted by Crippen LogP contribution is -2.15. The highest BCUT2D eigenvalue weighted by molar-refractivity contribution is 7.91. The maximum absolute atomic E-state index is 12.9. The Labute approximate surface area is 406 Å². The van der Waals surface area contributed by atoms with Gasteiger partial charge in [-0.2, -0.15) is 53.7 Å². The van der Waals surface area contributed by atoms with Crippen LogP contribution >= 0.6 is 11.6 Å². The quantitative estimate of drug-likeness (QED) is 0.0284. The number of rotatable bonds is 20. The van der Waals surface area contributed by atoms with Gasteiger partial charge in [0, 0.05) is 11.8 Å². The molecule has 71 heavy (non-hydrogen) atoms. The predicted molar refractivity (Wildman–Crippen MR) is 248 cm³/mol. The number of phenolic OH excluding ortho intramolecular Hbond substituents is 1. The van der Waals surface area contributed by atoms with Crippen molar-refractivity contribution in [2.75, 3.05) is 41.1 Å². The fourth-order valence-electron chi connectivity index (χ4n) is 5.82. The van der Waals surface area contributed by atoms with Crippen molar-refractivity contribution >= 4 is 135 Å². The van der Waals surface area contributed by atoms with E-state index in [0.717, 1.165) is 54.6 Å². The molecule has 0 spiro atoms. The molecular formula is C35H31ClN10O19S6. The Morgan fingerprint density at radius 3 is 1.65 bits per heavy atom. The molecular weight excluding hydrogens is 1090 g/mol. The Morgan fingerprint density at radius 1 is 0.577 bits per heavy atom. The number of phenols is 1. The normalized spacial score (nSPS) is 13.0. The van der Waals surface area contributed by atoms with Crippen LogP contribution < -0.4 is 16.4 Å². The molecule has 0 aliphatic rings. The lowest BCUT2D eigenvalue weighted by Gasteiger charge is -2.13. The molecule has 0 amide bonds. The highest BCUT2D eigenvalue weighted by Crippen LogP contribution is 2.43. The Bertz CT molecular complexity index is 3830. The van der Waals surface area contributed by atoms with Crippen molar-refractivity contribution in [3.05, 3.63) is 90.2 Å². The number of benzene rings is 5. The zero-order valence-electron chi connectivity index (χ0n) is 34.9. The molecule has 36 heteroatoms. The van der Waals surface area contributed by atoms with Crippen LogP contribution in [0, 0.1) is 0 Å². The molecule has 0 fully saturated rings. The van der Waals surface area contributed by atoms with E-state index in [9.17, 15) is 64.7 Å². The number of anilines is 5. The molecule has 0 saturated heterocycles. The number of nitrogens with one attached hydrogen (secondary N) is 2. The molecule has 0 atom stereocenters. The molecule has 1 heterocycles. The van der Waals surface area contributed by atoms with Gasteiger partial charge in [-0.25, -0.2) is 25.2 Å². The number of azo groups is 2. The summed E-state index contributed by atoms with van der Waals surface area (Å²) in [6.45, 7) is -1.79. The second-order valence-corrected chi connectivity index (χ2v) is 23.4. The lowest BCUT2D eigenvalue weighted by atomic mass is 10.1. The molecule has 0 bridgehead atoms. The summed E-state index contributed by atoms with van der Waals surface area (Å²) in [5.41, 5.74) is 4.33. The number of fused-ring (bicyclic) bond motifs is 1. The minimum Gasteiger partial charge on any atom is -0.507 e. The van der Waals surface area contributed by atoms with Gasteiger partial charge in [0.15, 0.2) is 19.7 Å². The molecule has 9 N–H and O–H groups in total. The van der Waals surface area contributed by atoms with Crippen LogP contribution in [0.15, 0.2) is 125 Å². The number of halogens is 1. The third kappa shape index (κ3) is 14.6. The molecule has 6 rings (SSSR count). The zero-order chi connectivity index (χ0) is 52.3. The number of nitrogens with two attached hydrogens (primary N) is 1. The number of nitrogens with zero attached hydrogens (tertiary/aromatic N) is 7. The molecule has 0 aliphatic carbocycles. The van der Waals surface area contributed by atoms with Crippen LogP contribution in [0.25, 0.3) is 10.8 Å². The van der Waals surface area contributed by atoms with E-state index >= 15 is 0 Å². The minimum absolute atomic E-state index is 0.0216. The molecule has 0 radical (unpaired) electrons. The van der Waals surface area contributed by atoms with E-state index in [-0.39, 0.29) is 54.9 Å². The monoisotopic (exact) mass is 1120 g/mol. The first-order chi connectivity index (χ1) is 32.9. The van der Waals surface area contributed by atoms with Gasteiger partial charge in [-0.1, -0.05) is 6.07 Å². The van der Waals surface area contributed by atoms with Crippen LogP contribution in [0.2, 0.25) is 5.28 Å². The van der Waals surface area contributed by atoms with E-state index in [1.54, 1.807) is 0 Å². The first-order valence-corrected chi connectivity index (χ1v) is 28.0. The van der Waals surface area contributed by atoms with Crippen LogP contribution in [-0.2, 0) is 69.1 Å². The number of sulfone groups is 2. The third-order valence-corrected chi connectivity index (χ3v) is 15.1. The average Bonchev–Trinajstić information content (AvgIpc) is 3.24. The second kappa shape index (κ2) is 20.7. The van der Waals surface area contributed by atoms with Gasteiger partial charge in [-0.15, -0.1) is 15.3 Å². The van der Waals surface area contributed by atoms with Crippen LogP contribution in [0.1, 0.15) is 0 Å². The summed E-state index contributed by atoms with van der Waals surface area (Å²) < 4.78 is 189. The van der Waals surface area contributed by atoms with Crippen molar-refractivity contribution in [2.24, 2.45) is 20.5 Å². The van der Waals surface area contributed by atoms with Gasteiger partial charge in [0.05, 0.1) is 61.9 Å². The average molecular weight is 1120 g/mol. The summed E-state index contributed by atoms with van der Waals surface area (Å²) in [5, 5.41) is 31.6. The summed E-state index contributed by atoms with van der Waals surface area (Å²) in [6.07, 6.45) is 0. The van der Waals surface area contributed by atoms with Crippen LogP contribution in [-0.4, -0.2) is 113 Å². The summed E-state index contributed by atoms with van der Waals surface area (Å²) in [4.78, 5) is 9.89. The summed E-state index contributed by atoms with van der Waals surface area (Å²) in [5.74, 6) is -3.11. The van der Waals surface area contributed by atoms with Gasteiger partial charge in [0.2, 0.25) is 17.2 Å². The maximum Gasteiger partial charge on any atom is 0.397 e. The summed E-state index contributed by atoms with van der Waals surface area (Å²) in [6, 6.07) is 15.1. The van der Waals surface area contributed by atoms with E-state index in [1.165, 1.54) is 24.3 Å². The standard InChI is InChI=1S/C35H31ClN10O19S6/c36-33-40-34(38-20-2-6-22(7-3-20)66(48,49)13-11-64-70(58,59)60)42-35(41-33)39-26-17-28(45-46-32-25(37)10-1-19-15-24(68(52,53)54)16-29(47)31(19)32)30(69(55,56)57)18-27(26)44-43-21-4-8-23(9-5-21)67(50,51)14-12-65-71(61,62)63/h1-10,15-18,47H,11-14,37H2,(H,52,53,54)(H,55,56,57)(H,58,59,60)(H,61,62,63)(H2,38,39,40,41,42). The molecule has 0 saturated carbocycles. The van der Waals surface area contributed by atoms with Gasteiger partial charge in [-0.3, -0.25) is 18.2 Å². The number of hydrogen-bond acceptors (Lipinski definition) is 25. The van der Waals surface area contributed by atoms with Gasteiger partial charge in [0.25, 0.3) is 20.2 Å². The van der Waals surface area contributed by atoms with E-state index in [2.05, 4.69) is 54.4 Å². The molecule has 0 unspecified atom stereocenters. The first kappa shape index (κ1) is 53.9. The highest BCUT2D eigenvalue weighted by atomic mass is 35.5. The van der Waals surface area contributed by atoms with E-state index in [4.69, 9.17) is 26.4 Å². The first-order valence-electron chi connectivity index (χ1n) is 18.7. The zero-order valence-corrected chi connectivity index (χ0v) is 40.6. The van der Waals surface area contributed by atoms with Crippen molar-refractivity contribution in [2.45, 2.75) is 19.6 Å². The fourth-order valence-corrected chi connectivity index (χ4v) is 10.1. The lowest BCUT2D eigenvalue weighted by molar-refractivity contribution is 0.282. The number of nitrogen functional groups attached to an aromatic ring is 1. The predicted octanol–water partition coefficient (Wildman–Crippen LogP) is 4.96. The van der Waals surface area contributed by atoms with E-state index in [1.807, 2.05) is 0 Å². The number of aromatic nitrogens is 3. The largest absolute Gasteiger partial charge is 0.507 e. The maximum atomic E-state index is 12.9. The molecule has 6 aromatic rings. The molecule has 1 aromatic heterocycles. The topological polar surface area (TPSA) is 463 Å². The minimum atomic E-state index is -5.26. The number of aromatic hydroxyl groups is 1. The van der Waals surface area contributed by atoms with Crippen LogP contribution in [0.4, 0.5) is 51.7 Å². The van der Waals surface area contributed by atoms with Crippen molar-refractivity contribution in [3.8, 4) is 5.75 Å². The highest BCUT2D eigenvalue weighted by Gasteiger charge is 2.23. The van der Waals surface area contributed by atoms with Crippen molar-refractivity contribution in [1.29, 1.82) is 0 Å². The van der Waals surface area contributed by atoms with Gasteiger partial charge in [0.1, 0.15) is 27.7 Å². The Balaban J connectivity index is 1.40. The SMILES string of the molecule is Nc1ccc2cc(S(=O)(=O)O)cc(O)c2c1N=Nc1cc(Nc2nc(Cl)nc(Nc3ccc(S(=O)(=O)CCOS(=O)(=O)O)cc3)n2)c(N=Nc2ccc(S(=O)(=O)CCOS(=O)(=O)O)cc2)cc1S(=O)(=O)O. The van der Waals surface area contributed by atoms with E-state index in [0.29, 0.717) is 6.07 Å². The smallest absolute Gasteiger partial charge is 0.397 e. The third-order valence-electron chi connectivity index (χ3n) is 8.95. The molecule has 378 valence electrons. The van der Waals surface area contributed by atoms with Crippen LogP contribution in [0.3, 0.4) is 0 Å². The van der Waals surface area contributed by atoms with Crippen LogP contribution in [0.5, 0.6) is 5.75 Å². The van der Waals surface area contributed by atoms with E-state index < -0.39 is 124 Å². The van der Waals surface area contributed by atoms with Crippen molar-refractivity contribution < 1.29 is 82.2 Å². The Morgan fingerprint density at radius 2 is 1.11 bits per heavy atom. The van der Waals surface area contributed by atoms with Gasteiger partial charge < -0.3 is 21.5 Å². The number of hydrogen-bond donors (Lipinski definition) is 8. The second-order valence-electron chi connectivity index (χ2n) is 13.9. The van der Waals surface area contributed by atoms with Gasteiger partial charge >= 0.3 is 20.8 Å². The summed E-state index contributed by atoms with van der Waals surface area (Å²) in [7, 11) is -28.2. The van der Waals surface area contributed by atoms with Crippen molar-refractivity contribution in [1.82, 2.24) is 15.0 Å². The fraction of sp³-hybridized carbons (Fsp3) is 0.114. The van der Waals surface area contributed by atoms with Crippen molar-refractivity contribution in [3.63, 3.8) is 0 Å². The molecule has 0 aliphatic heterocycles.